The lowest BCUT2D eigenvalue weighted by molar-refractivity contribution is -0.0530. The third kappa shape index (κ3) is 2.09. The number of benzene rings is 2. The Labute approximate surface area is 122 Å². The fourth-order valence-electron chi connectivity index (χ4n) is 2.77. The number of aromatic hydroxyl groups is 1. The van der Waals surface area contributed by atoms with Gasteiger partial charge < -0.3 is 24.4 Å². The van der Waals surface area contributed by atoms with Crippen molar-refractivity contribution in [3.05, 3.63) is 29.3 Å². The fourth-order valence-corrected chi connectivity index (χ4v) is 2.77. The molecule has 0 aromatic heterocycles. The smallest absolute Gasteiger partial charge is 0.134 e. The van der Waals surface area contributed by atoms with Crippen molar-refractivity contribution in [2.24, 2.45) is 0 Å². The standard InChI is InChI=1S/C16H18O5/c1-8-15(17)11-5-9-4-10(19-2)6-13(20-3)14(9)16(18)12(11)7-21-8/h4-6,8,15,17-18H,7H2,1-3H3. The van der Waals surface area contributed by atoms with Crippen molar-refractivity contribution in [1.82, 2.24) is 0 Å². The summed E-state index contributed by atoms with van der Waals surface area (Å²) in [6, 6.07) is 5.39. The van der Waals surface area contributed by atoms with E-state index in [9.17, 15) is 10.2 Å². The van der Waals surface area contributed by atoms with Gasteiger partial charge in [0.1, 0.15) is 23.4 Å². The molecule has 1 aliphatic heterocycles. The first-order valence-electron chi connectivity index (χ1n) is 6.77. The Morgan fingerprint density at radius 3 is 2.62 bits per heavy atom. The van der Waals surface area contributed by atoms with Gasteiger partial charge in [-0.25, -0.2) is 0 Å². The van der Waals surface area contributed by atoms with Gasteiger partial charge in [-0.05, 0) is 30.0 Å². The number of methoxy groups -OCH3 is 2. The van der Waals surface area contributed by atoms with E-state index in [1.807, 2.05) is 12.1 Å². The highest BCUT2D eigenvalue weighted by Crippen LogP contribution is 2.44. The summed E-state index contributed by atoms with van der Waals surface area (Å²) in [6.45, 7) is 2.07. The van der Waals surface area contributed by atoms with Crippen molar-refractivity contribution in [2.45, 2.75) is 25.7 Å². The van der Waals surface area contributed by atoms with Gasteiger partial charge in [-0.15, -0.1) is 0 Å². The van der Waals surface area contributed by atoms with Crippen LogP contribution in [0.3, 0.4) is 0 Å². The Morgan fingerprint density at radius 2 is 1.95 bits per heavy atom. The Kier molecular flexibility index (Phi) is 3.39. The Bertz CT molecular complexity index is 695. The van der Waals surface area contributed by atoms with E-state index in [0.29, 0.717) is 28.0 Å². The van der Waals surface area contributed by atoms with E-state index in [4.69, 9.17) is 14.2 Å². The minimum absolute atomic E-state index is 0.0907. The van der Waals surface area contributed by atoms with E-state index >= 15 is 0 Å². The van der Waals surface area contributed by atoms with Crippen molar-refractivity contribution < 1.29 is 24.4 Å². The van der Waals surface area contributed by atoms with Crippen LogP contribution in [-0.2, 0) is 11.3 Å². The van der Waals surface area contributed by atoms with Crippen LogP contribution < -0.4 is 9.47 Å². The van der Waals surface area contributed by atoms with Crippen LogP contribution in [0.5, 0.6) is 17.2 Å². The van der Waals surface area contributed by atoms with Gasteiger partial charge in [0.25, 0.3) is 0 Å². The highest BCUT2D eigenvalue weighted by molar-refractivity contribution is 5.96. The first-order valence-corrected chi connectivity index (χ1v) is 6.77. The van der Waals surface area contributed by atoms with Crippen LogP contribution in [-0.4, -0.2) is 30.5 Å². The maximum atomic E-state index is 10.6. The number of fused-ring (bicyclic) bond motifs is 2. The molecule has 5 heteroatoms. The zero-order valence-electron chi connectivity index (χ0n) is 12.2. The largest absolute Gasteiger partial charge is 0.507 e. The second-order valence-electron chi connectivity index (χ2n) is 5.18. The quantitative estimate of drug-likeness (QED) is 0.889. The van der Waals surface area contributed by atoms with Gasteiger partial charge in [-0.3, -0.25) is 0 Å². The molecule has 112 valence electrons. The maximum Gasteiger partial charge on any atom is 0.134 e. The summed E-state index contributed by atoms with van der Waals surface area (Å²) in [6.07, 6.45) is -1.07. The van der Waals surface area contributed by atoms with Crippen LogP contribution in [0.15, 0.2) is 18.2 Å². The molecule has 0 spiro atoms. The number of hydrogen-bond acceptors (Lipinski definition) is 5. The van der Waals surface area contributed by atoms with Gasteiger partial charge in [0.2, 0.25) is 0 Å². The van der Waals surface area contributed by atoms with Gasteiger partial charge in [-0.2, -0.15) is 0 Å². The molecular weight excluding hydrogens is 272 g/mol. The third-order valence-electron chi connectivity index (χ3n) is 4.00. The molecule has 0 aliphatic carbocycles. The number of hydrogen-bond donors (Lipinski definition) is 2. The number of ether oxygens (including phenoxy) is 3. The third-order valence-corrected chi connectivity index (χ3v) is 4.00. The fraction of sp³-hybridized carbons (Fsp3) is 0.375. The molecule has 2 aromatic rings. The first-order chi connectivity index (χ1) is 10.1. The topological polar surface area (TPSA) is 68.2 Å². The monoisotopic (exact) mass is 290 g/mol. The minimum atomic E-state index is -0.763. The van der Waals surface area contributed by atoms with E-state index < -0.39 is 6.10 Å². The van der Waals surface area contributed by atoms with Gasteiger partial charge in [0, 0.05) is 11.6 Å². The summed E-state index contributed by atoms with van der Waals surface area (Å²) in [4.78, 5) is 0. The molecule has 0 saturated carbocycles. The second kappa shape index (κ2) is 5.09. The summed E-state index contributed by atoms with van der Waals surface area (Å²) in [5.41, 5.74) is 1.30. The predicted octanol–water partition coefficient (Wildman–Crippen LogP) is 2.51. The van der Waals surface area contributed by atoms with E-state index in [0.717, 1.165) is 5.39 Å². The molecule has 0 bridgehead atoms. The van der Waals surface area contributed by atoms with Gasteiger partial charge in [-0.1, -0.05) is 0 Å². The molecule has 2 atom stereocenters. The van der Waals surface area contributed by atoms with Crippen molar-refractivity contribution in [2.75, 3.05) is 14.2 Å². The molecule has 1 aliphatic rings. The summed E-state index contributed by atoms with van der Waals surface area (Å²) >= 11 is 0. The van der Waals surface area contributed by atoms with Crippen LogP contribution in [0.4, 0.5) is 0 Å². The minimum Gasteiger partial charge on any atom is -0.507 e. The average molecular weight is 290 g/mol. The Balaban J connectivity index is 2.33. The number of aliphatic hydroxyl groups excluding tert-OH is 1. The van der Waals surface area contributed by atoms with E-state index in [2.05, 4.69) is 0 Å². The molecule has 0 radical (unpaired) electrons. The van der Waals surface area contributed by atoms with Crippen molar-refractivity contribution in [3.8, 4) is 17.2 Å². The number of phenolic OH excluding ortho intramolecular Hbond substituents is 1. The lowest BCUT2D eigenvalue weighted by atomic mass is 9.92. The van der Waals surface area contributed by atoms with Crippen molar-refractivity contribution in [1.29, 1.82) is 0 Å². The second-order valence-corrected chi connectivity index (χ2v) is 5.18. The summed E-state index contributed by atoms with van der Waals surface area (Å²) in [5, 5.41) is 22.2. The zero-order chi connectivity index (χ0) is 15.1. The molecular formula is C16H18O5. The number of rotatable bonds is 2. The SMILES string of the molecule is COc1cc(OC)c2c(O)c3c(cc2c1)C(O)C(C)OC3. The lowest BCUT2D eigenvalue weighted by Gasteiger charge is -2.29. The molecule has 21 heavy (non-hydrogen) atoms. The maximum absolute atomic E-state index is 10.6. The van der Waals surface area contributed by atoms with Crippen LogP contribution >= 0.6 is 0 Å². The predicted molar refractivity (Wildman–Crippen MR) is 77.9 cm³/mol. The Hall–Kier alpha value is -1.98. The van der Waals surface area contributed by atoms with Crippen molar-refractivity contribution in [3.63, 3.8) is 0 Å². The van der Waals surface area contributed by atoms with E-state index in [1.165, 1.54) is 0 Å². The molecule has 1 heterocycles. The normalized spacial score (nSPS) is 21.1. The van der Waals surface area contributed by atoms with Crippen LogP contribution in [0, 0.1) is 0 Å². The molecule has 0 saturated heterocycles. The summed E-state index contributed by atoms with van der Waals surface area (Å²) in [5.74, 6) is 1.25. The summed E-state index contributed by atoms with van der Waals surface area (Å²) < 4.78 is 16.1. The van der Waals surface area contributed by atoms with Crippen LogP contribution in [0.2, 0.25) is 0 Å². The van der Waals surface area contributed by atoms with E-state index in [-0.39, 0.29) is 18.5 Å². The van der Waals surface area contributed by atoms with Gasteiger partial charge >= 0.3 is 0 Å². The van der Waals surface area contributed by atoms with Crippen LogP contribution in [0.25, 0.3) is 10.8 Å². The highest BCUT2D eigenvalue weighted by atomic mass is 16.5. The lowest BCUT2D eigenvalue weighted by Crippen LogP contribution is -2.25. The molecule has 0 amide bonds. The number of phenols is 1. The molecule has 5 nitrogen and oxygen atoms in total. The number of aliphatic hydroxyl groups is 1. The molecule has 2 aromatic carbocycles. The molecule has 2 unspecified atom stereocenters. The zero-order valence-corrected chi connectivity index (χ0v) is 12.2. The first kappa shape index (κ1) is 14.0. The molecule has 3 rings (SSSR count). The molecule has 2 N–H and O–H groups in total. The summed E-state index contributed by atoms with van der Waals surface area (Å²) in [7, 11) is 3.12. The van der Waals surface area contributed by atoms with E-state index in [1.54, 1.807) is 27.2 Å². The Morgan fingerprint density at radius 1 is 1.19 bits per heavy atom. The highest BCUT2D eigenvalue weighted by Gasteiger charge is 2.29. The average Bonchev–Trinajstić information content (AvgIpc) is 2.50. The van der Waals surface area contributed by atoms with Crippen LogP contribution in [0.1, 0.15) is 24.2 Å². The van der Waals surface area contributed by atoms with Gasteiger partial charge in [0.15, 0.2) is 0 Å². The van der Waals surface area contributed by atoms with Gasteiger partial charge in [0.05, 0.1) is 32.3 Å². The van der Waals surface area contributed by atoms with Crippen molar-refractivity contribution >= 4 is 10.8 Å². The molecule has 0 fully saturated rings.